The first-order valence-electron chi connectivity index (χ1n) is 10.1. The number of aliphatic carboxylic acids is 1. The van der Waals surface area contributed by atoms with Crippen molar-refractivity contribution in [3.8, 4) is 17.2 Å². The van der Waals surface area contributed by atoms with Crippen molar-refractivity contribution < 1.29 is 29.3 Å². The summed E-state index contributed by atoms with van der Waals surface area (Å²) in [6, 6.07) is 7.52. The van der Waals surface area contributed by atoms with Crippen LogP contribution in [-0.4, -0.2) is 64.5 Å². The number of carbonyl (C=O) groups excluding carboxylic acids is 1. The van der Waals surface area contributed by atoms with Crippen LogP contribution in [0.5, 0.6) is 11.5 Å². The quantitative estimate of drug-likeness (QED) is 0.778. The topological polar surface area (TPSA) is 101 Å². The van der Waals surface area contributed by atoms with Gasteiger partial charge in [0.1, 0.15) is 13.2 Å². The van der Waals surface area contributed by atoms with Crippen molar-refractivity contribution >= 4 is 11.9 Å². The first kappa shape index (κ1) is 20.3. The molecule has 8 nitrogen and oxygen atoms in total. The molecular formula is C22H26N2O6. The lowest BCUT2D eigenvalue weighted by molar-refractivity contribution is -0.149. The van der Waals surface area contributed by atoms with E-state index in [0.29, 0.717) is 43.2 Å². The van der Waals surface area contributed by atoms with Gasteiger partial charge in [0, 0.05) is 42.8 Å². The van der Waals surface area contributed by atoms with Gasteiger partial charge in [0.2, 0.25) is 0 Å². The fraction of sp³-hybridized carbons (Fsp3) is 0.455. The van der Waals surface area contributed by atoms with Gasteiger partial charge in [-0.15, -0.1) is 0 Å². The maximum Gasteiger partial charge on any atom is 0.311 e. The number of carboxylic acid groups (broad SMARTS) is 1. The van der Waals surface area contributed by atoms with E-state index in [4.69, 9.17) is 9.47 Å². The molecule has 1 atom stereocenters. The molecule has 2 aromatic rings. The van der Waals surface area contributed by atoms with Crippen LogP contribution in [-0.2, 0) is 4.79 Å². The second-order valence-corrected chi connectivity index (χ2v) is 7.98. The number of aromatic nitrogens is 1. The van der Waals surface area contributed by atoms with Crippen molar-refractivity contribution in [3.05, 3.63) is 41.2 Å². The van der Waals surface area contributed by atoms with E-state index < -0.39 is 11.4 Å². The van der Waals surface area contributed by atoms with Crippen molar-refractivity contribution in [1.29, 1.82) is 0 Å². The van der Waals surface area contributed by atoms with Crippen molar-refractivity contribution in [3.63, 3.8) is 0 Å². The Labute approximate surface area is 174 Å². The number of hydrogen-bond donors (Lipinski definition) is 2. The van der Waals surface area contributed by atoms with E-state index in [9.17, 15) is 19.8 Å². The van der Waals surface area contributed by atoms with E-state index in [-0.39, 0.29) is 25.5 Å². The Morgan fingerprint density at radius 1 is 1.13 bits per heavy atom. The molecule has 1 aromatic heterocycles. The monoisotopic (exact) mass is 414 g/mol. The van der Waals surface area contributed by atoms with E-state index in [1.165, 1.54) is 0 Å². The Morgan fingerprint density at radius 2 is 1.87 bits per heavy atom. The van der Waals surface area contributed by atoms with E-state index in [0.717, 1.165) is 17.1 Å². The van der Waals surface area contributed by atoms with Crippen molar-refractivity contribution in [1.82, 2.24) is 9.47 Å². The summed E-state index contributed by atoms with van der Waals surface area (Å²) in [5.41, 5.74) is 2.02. The average Bonchev–Trinajstić information content (AvgIpc) is 3.29. The van der Waals surface area contributed by atoms with Gasteiger partial charge in [-0.3, -0.25) is 9.59 Å². The molecule has 8 heteroatoms. The summed E-state index contributed by atoms with van der Waals surface area (Å²) >= 11 is 0. The molecular weight excluding hydrogens is 388 g/mol. The predicted octanol–water partition coefficient (Wildman–Crippen LogP) is 2.16. The molecule has 3 heterocycles. The summed E-state index contributed by atoms with van der Waals surface area (Å²) in [5.74, 6) is 0.227. The molecule has 0 radical (unpaired) electrons. The highest BCUT2D eigenvalue weighted by molar-refractivity contribution is 5.96. The van der Waals surface area contributed by atoms with E-state index in [1.54, 1.807) is 4.90 Å². The van der Waals surface area contributed by atoms with Gasteiger partial charge in [0.05, 0.1) is 11.0 Å². The number of aliphatic hydroxyl groups excluding tert-OH is 1. The van der Waals surface area contributed by atoms with E-state index >= 15 is 0 Å². The molecule has 160 valence electrons. The van der Waals surface area contributed by atoms with Crippen LogP contribution in [0, 0.1) is 19.3 Å². The van der Waals surface area contributed by atoms with Crippen LogP contribution < -0.4 is 9.47 Å². The number of carboxylic acids is 1. The van der Waals surface area contributed by atoms with Gasteiger partial charge in [-0.05, 0) is 44.9 Å². The number of carbonyl (C=O) groups is 2. The zero-order valence-electron chi connectivity index (χ0n) is 17.2. The van der Waals surface area contributed by atoms with Gasteiger partial charge in [0.25, 0.3) is 5.91 Å². The first-order valence-corrected chi connectivity index (χ1v) is 10.1. The second-order valence-electron chi connectivity index (χ2n) is 7.98. The minimum absolute atomic E-state index is 0.107. The average molecular weight is 414 g/mol. The minimum atomic E-state index is -1.08. The number of aryl methyl sites for hydroxylation is 1. The molecule has 1 saturated heterocycles. The fourth-order valence-electron chi connectivity index (χ4n) is 4.46. The number of likely N-dealkylation sites (tertiary alicyclic amines) is 1. The molecule has 0 saturated carbocycles. The Morgan fingerprint density at radius 3 is 2.57 bits per heavy atom. The van der Waals surface area contributed by atoms with Crippen LogP contribution in [0.1, 0.15) is 34.6 Å². The standard InChI is InChI=1S/C22H26N2O6/c1-14-11-17(20(26)23-7-5-22(13-23,6-8-25)21(27)28)15(2)24(14)16-3-4-18-19(12-16)30-10-9-29-18/h3-4,11-12,25H,5-10,13H2,1-2H3,(H,27,28). The molecule has 30 heavy (non-hydrogen) atoms. The Hall–Kier alpha value is -3.00. The summed E-state index contributed by atoms with van der Waals surface area (Å²) in [6.07, 6.45) is 0.484. The number of amides is 1. The van der Waals surface area contributed by atoms with Gasteiger partial charge < -0.3 is 29.2 Å². The molecule has 1 amide bonds. The third-order valence-corrected chi connectivity index (χ3v) is 6.13. The van der Waals surface area contributed by atoms with Crippen LogP contribution in [0.15, 0.2) is 24.3 Å². The summed E-state index contributed by atoms with van der Waals surface area (Å²) in [7, 11) is 0. The fourth-order valence-corrected chi connectivity index (χ4v) is 4.46. The highest BCUT2D eigenvalue weighted by Gasteiger charge is 2.46. The van der Waals surface area contributed by atoms with Gasteiger partial charge in [0.15, 0.2) is 11.5 Å². The zero-order chi connectivity index (χ0) is 21.5. The van der Waals surface area contributed by atoms with Gasteiger partial charge in [-0.2, -0.15) is 0 Å². The largest absolute Gasteiger partial charge is 0.486 e. The van der Waals surface area contributed by atoms with Crippen LogP contribution >= 0.6 is 0 Å². The second kappa shape index (κ2) is 7.68. The van der Waals surface area contributed by atoms with Gasteiger partial charge >= 0.3 is 5.97 Å². The number of fused-ring (bicyclic) bond motifs is 1. The van der Waals surface area contributed by atoms with E-state index in [1.807, 2.05) is 42.7 Å². The maximum atomic E-state index is 13.2. The lowest BCUT2D eigenvalue weighted by atomic mass is 9.84. The number of hydrogen-bond acceptors (Lipinski definition) is 5. The lowest BCUT2D eigenvalue weighted by Crippen LogP contribution is -2.37. The minimum Gasteiger partial charge on any atom is -0.486 e. The summed E-state index contributed by atoms with van der Waals surface area (Å²) < 4.78 is 13.2. The molecule has 1 unspecified atom stereocenters. The maximum absolute atomic E-state index is 13.2. The third kappa shape index (κ3) is 3.31. The summed E-state index contributed by atoms with van der Waals surface area (Å²) in [4.78, 5) is 26.6. The molecule has 1 fully saturated rings. The number of benzene rings is 1. The number of rotatable bonds is 5. The van der Waals surface area contributed by atoms with Crippen molar-refractivity contribution in [2.24, 2.45) is 5.41 Å². The Balaban J connectivity index is 1.63. The summed E-state index contributed by atoms with van der Waals surface area (Å²) in [6.45, 7) is 5.08. The SMILES string of the molecule is Cc1cc(C(=O)N2CCC(CCO)(C(=O)O)C2)c(C)n1-c1ccc2c(c1)OCCO2. The number of aliphatic hydroxyl groups is 1. The predicted molar refractivity (Wildman–Crippen MR) is 109 cm³/mol. The molecule has 0 spiro atoms. The number of nitrogens with zero attached hydrogens (tertiary/aromatic N) is 2. The van der Waals surface area contributed by atoms with Crippen LogP contribution in [0.3, 0.4) is 0 Å². The number of ether oxygens (including phenoxy) is 2. The van der Waals surface area contributed by atoms with Crippen molar-refractivity contribution in [2.45, 2.75) is 26.7 Å². The highest BCUT2D eigenvalue weighted by Crippen LogP contribution is 2.36. The normalized spacial score (nSPS) is 20.4. The van der Waals surface area contributed by atoms with Crippen LogP contribution in [0.25, 0.3) is 5.69 Å². The van der Waals surface area contributed by atoms with Crippen LogP contribution in [0.2, 0.25) is 0 Å². The third-order valence-electron chi connectivity index (χ3n) is 6.13. The highest BCUT2D eigenvalue weighted by atomic mass is 16.6. The van der Waals surface area contributed by atoms with E-state index in [2.05, 4.69) is 0 Å². The zero-order valence-corrected chi connectivity index (χ0v) is 17.2. The van der Waals surface area contributed by atoms with Crippen molar-refractivity contribution in [2.75, 3.05) is 32.9 Å². The molecule has 2 aliphatic heterocycles. The van der Waals surface area contributed by atoms with Crippen LogP contribution in [0.4, 0.5) is 0 Å². The summed E-state index contributed by atoms with van der Waals surface area (Å²) in [5, 5.41) is 18.9. The molecule has 1 aromatic carbocycles. The smallest absolute Gasteiger partial charge is 0.311 e. The Bertz CT molecular complexity index is 998. The Kier molecular flexibility index (Phi) is 5.19. The first-order chi connectivity index (χ1) is 14.4. The van der Waals surface area contributed by atoms with Gasteiger partial charge in [-0.25, -0.2) is 0 Å². The molecule has 4 rings (SSSR count). The molecule has 2 aliphatic rings. The molecule has 2 N–H and O–H groups in total. The molecule has 0 aliphatic carbocycles. The van der Waals surface area contributed by atoms with Gasteiger partial charge in [-0.1, -0.05) is 0 Å². The lowest BCUT2D eigenvalue weighted by Gasteiger charge is -2.24. The molecule has 0 bridgehead atoms.